The van der Waals surface area contributed by atoms with Gasteiger partial charge in [0.15, 0.2) is 0 Å². The first-order valence-electron chi connectivity index (χ1n) is 7.25. The Kier molecular flexibility index (Phi) is 6.49. The summed E-state index contributed by atoms with van der Waals surface area (Å²) >= 11 is 0. The van der Waals surface area contributed by atoms with E-state index in [1.54, 1.807) is 6.92 Å². The van der Waals surface area contributed by atoms with Crippen LogP contribution in [0.2, 0.25) is 0 Å². The van der Waals surface area contributed by atoms with Gasteiger partial charge in [0.2, 0.25) is 0 Å². The Hall–Kier alpha value is -1.75. The topological polar surface area (TPSA) is 70.6 Å². The zero-order valence-corrected chi connectivity index (χ0v) is 13.3. The molecular weight excluding hydrogens is 268 g/mol. The second-order valence-corrected chi connectivity index (χ2v) is 5.74. The molecule has 2 amide bonds. The van der Waals surface area contributed by atoms with E-state index in [2.05, 4.69) is 10.6 Å². The molecule has 1 aromatic rings. The maximum absolute atomic E-state index is 11.6. The number of urea groups is 1. The Morgan fingerprint density at radius 1 is 1.33 bits per heavy atom. The van der Waals surface area contributed by atoms with Crippen molar-refractivity contribution in [3.8, 4) is 5.75 Å². The Morgan fingerprint density at radius 3 is 2.62 bits per heavy atom. The van der Waals surface area contributed by atoms with Gasteiger partial charge in [0.05, 0.1) is 12.1 Å². The summed E-state index contributed by atoms with van der Waals surface area (Å²) in [5, 5.41) is 15.4. The van der Waals surface area contributed by atoms with Crippen LogP contribution in [-0.2, 0) is 0 Å². The van der Waals surface area contributed by atoms with Gasteiger partial charge in [-0.1, -0.05) is 32.0 Å². The molecule has 0 heterocycles. The highest BCUT2D eigenvalue weighted by atomic mass is 16.5. The summed E-state index contributed by atoms with van der Waals surface area (Å²) in [6, 6.07) is 7.44. The van der Waals surface area contributed by atoms with Crippen molar-refractivity contribution >= 4 is 6.03 Å². The second-order valence-electron chi connectivity index (χ2n) is 5.74. The zero-order chi connectivity index (χ0) is 15.9. The van der Waals surface area contributed by atoms with Gasteiger partial charge in [0, 0.05) is 6.54 Å². The third kappa shape index (κ3) is 6.04. The molecule has 1 atom stereocenters. The fourth-order valence-corrected chi connectivity index (χ4v) is 1.57. The fourth-order valence-electron chi connectivity index (χ4n) is 1.57. The largest absolute Gasteiger partial charge is 0.491 e. The summed E-state index contributed by atoms with van der Waals surface area (Å²) in [7, 11) is 0. The standard InChI is InChI=1S/C16H26N2O3/c1-12(2)16(4,20)11-18-15(19)17-9-10-21-14-8-6-5-7-13(14)3/h5-8,12,20H,9-11H2,1-4H3,(H2,17,18,19). The smallest absolute Gasteiger partial charge is 0.315 e. The number of amides is 2. The zero-order valence-electron chi connectivity index (χ0n) is 13.3. The summed E-state index contributed by atoms with van der Waals surface area (Å²) < 4.78 is 5.58. The number of ether oxygens (including phenoxy) is 1. The lowest BCUT2D eigenvalue weighted by atomic mass is 9.93. The number of hydrogen-bond acceptors (Lipinski definition) is 3. The van der Waals surface area contributed by atoms with E-state index < -0.39 is 5.60 Å². The van der Waals surface area contributed by atoms with Gasteiger partial charge >= 0.3 is 6.03 Å². The van der Waals surface area contributed by atoms with Crippen molar-refractivity contribution in [1.82, 2.24) is 10.6 Å². The molecule has 0 aliphatic carbocycles. The van der Waals surface area contributed by atoms with Crippen LogP contribution in [0.15, 0.2) is 24.3 Å². The van der Waals surface area contributed by atoms with Crippen LogP contribution in [0.3, 0.4) is 0 Å². The van der Waals surface area contributed by atoms with Gasteiger partial charge in [0.1, 0.15) is 12.4 Å². The van der Waals surface area contributed by atoms with E-state index in [1.165, 1.54) is 0 Å². The lowest BCUT2D eigenvalue weighted by Gasteiger charge is -2.27. The molecule has 0 radical (unpaired) electrons. The fraction of sp³-hybridized carbons (Fsp3) is 0.562. The van der Waals surface area contributed by atoms with Crippen LogP contribution < -0.4 is 15.4 Å². The van der Waals surface area contributed by atoms with Crippen LogP contribution in [0.5, 0.6) is 5.75 Å². The minimum atomic E-state index is -0.908. The molecule has 0 aliphatic rings. The van der Waals surface area contributed by atoms with E-state index in [4.69, 9.17) is 4.74 Å². The molecule has 3 N–H and O–H groups in total. The van der Waals surface area contributed by atoms with Gasteiger partial charge in [-0.05, 0) is 31.4 Å². The van der Waals surface area contributed by atoms with Crippen molar-refractivity contribution in [3.63, 3.8) is 0 Å². The predicted octanol–water partition coefficient (Wildman–Crippen LogP) is 2.08. The summed E-state index contributed by atoms with van der Waals surface area (Å²) in [5.41, 5.74) is 0.157. The molecule has 0 aromatic heterocycles. The van der Waals surface area contributed by atoms with Crippen molar-refractivity contribution in [3.05, 3.63) is 29.8 Å². The quantitative estimate of drug-likeness (QED) is 0.674. The van der Waals surface area contributed by atoms with Crippen molar-refractivity contribution in [2.75, 3.05) is 19.7 Å². The third-order valence-corrected chi connectivity index (χ3v) is 3.59. The molecule has 5 nitrogen and oxygen atoms in total. The number of aliphatic hydroxyl groups is 1. The average molecular weight is 294 g/mol. The summed E-state index contributed by atoms with van der Waals surface area (Å²) in [6.07, 6.45) is 0. The van der Waals surface area contributed by atoms with E-state index in [1.807, 2.05) is 45.0 Å². The number of carbonyl (C=O) groups is 1. The highest BCUT2D eigenvalue weighted by Gasteiger charge is 2.25. The Balaban J connectivity index is 2.21. The van der Waals surface area contributed by atoms with Crippen LogP contribution >= 0.6 is 0 Å². The lowest BCUT2D eigenvalue weighted by molar-refractivity contribution is 0.0166. The predicted molar refractivity (Wildman–Crippen MR) is 83.5 cm³/mol. The molecule has 0 saturated carbocycles. The van der Waals surface area contributed by atoms with E-state index in [9.17, 15) is 9.90 Å². The molecule has 0 aliphatic heterocycles. The number of nitrogens with one attached hydrogen (secondary N) is 2. The van der Waals surface area contributed by atoms with E-state index >= 15 is 0 Å². The Morgan fingerprint density at radius 2 is 2.00 bits per heavy atom. The Bertz CT molecular complexity index is 459. The van der Waals surface area contributed by atoms with Gasteiger partial charge in [-0.2, -0.15) is 0 Å². The van der Waals surface area contributed by atoms with Gasteiger partial charge in [-0.15, -0.1) is 0 Å². The molecule has 0 bridgehead atoms. The van der Waals surface area contributed by atoms with Crippen molar-refractivity contribution in [2.45, 2.75) is 33.3 Å². The maximum atomic E-state index is 11.6. The van der Waals surface area contributed by atoms with Gasteiger partial charge in [0.25, 0.3) is 0 Å². The number of rotatable bonds is 7. The average Bonchev–Trinajstić information content (AvgIpc) is 2.43. The third-order valence-electron chi connectivity index (χ3n) is 3.59. The molecule has 1 unspecified atom stereocenters. The number of hydrogen-bond donors (Lipinski definition) is 3. The Labute approximate surface area is 126 Å². The molecule has 1 aromatic carbocycles. The second kappa shape index (κ2) is 7.88. The summed E-state index contributed by atoms with van der Waals surface area (Å²) in [5.74, 6) is 0.893. The first-order valence-corrected chi connectivity index (χ1v) is 7.25. The van der Waals surface area contributed by atoms with E-state index in [0.29, 0.717) is 13.2 Å². The normalized spacial score (nSPS) is 13.6. The number of benzene rings is 1. The monoisotopic (exact) mass is 294 g/mol. The van der Waals surface area contributed by atoms with Crippen LogP contribution in [0, 0.1) is 12.8 Å². The van der Waals surface area contributed by atoms with Crippen molar-refractivity contribution in [2.24, 2.45) is 5.92 Å². The lowest BCUT2D eigenvalue weighted by Crippen LogP contribution is -2.48. The van der Waals surface area contributed by atoms with Crippen LogP contribution in [0.4, 0.5) is 4.79 Å². The molecule has 0 saturated heterocycles. The van der Waals surface area contributed by atoms with Gasteiger partial charge < -0.3 is 20.5 Å². The number of aryl methyl sites for hydroxylation is 1. The minimum Gasteiger partial charge on any atom is -0.491 e. The number of carbonyl (C=O) groups excluding carboxylic acids is 1. The molecule has 0 fully saturated rings. The van der Waals surface area contributed by atoms with Crippen LogP contribution in [0.1, 0.15) is 26.3 Å². The SMILES string of the molecule is Cc1ccccc1OCCNC(=O)NCC(C)(O)C(C)C. The molecule has 21 heavy (non-hydrogen) atoms. The van der Waals surface area contributed by atoms with Gasteiger partial charge in [-0.25, -0.2) is 4.79 Å². The van der Waals surface area contributed by atoms with E-state index in [-0.39, 0.29) is 18.5 Å². The maximum Gasteiger partial charge on any atom is 0.315 e. The van der Waals surface area contributed by atoms with Crippen LogP contribution in [0.25, 0.3) is 0 Å². The minimum absolute atomic E-state index is 0.0715. The first-order chi connectivity index (χ1) is 9.83. The van der Waals surface area contributed by atoms with Crippen molar-refractivity contribution in [1.29, 1.82) is 0 Å². The number of para-hydroxylation sites is 1. The van der Waals surface area contributed by atoms with Gasteiger partial charge in [-0.3, -0.25) is 0 Å². The van der Waals surface area contributed by atoms with Crippen LogP contribution in [-0.4, -0.2) is 36.4 Å². The molecule has 118 valence electrons. The highest BCUT2D eigenvalue weighted by molar-refractivity contribution is 5.73. The molecule has 0 spiro atoms. The summed E-state index contributed by atoms with van der Waals surface area (Å²) in [6.45, 7) is 8.53. The molecule has 5 heteroatoms. The van der Waals surface area contributed by atoms with E-state index in [0.717, 1.165) is 11.3 Å². The first kappa shape index (κ1) is 17.3. The summed E-state index contributed by atoms with van der Waals surface area (Å²) in [4.78, 5) is 11.6. The molecule has 1 rings (SSSR count). The van der Waals surface area contributed by atoms with Crippen molar-refractivity contribution < 1.29 is 14.6 Å². The highest BCUT2D eigenvalue weighted by Crippen LogP contribution is 2.15. The molecular formula is C16H26N2O3.